The normalized spacial score (nSPS) is 19.1. The van der Waals surface area contributed by atoms with E-state index in [4.69, 9.17) is 9.47 Å². The number of likely N-dealkylation sites (tertiary alicyclic amines) is 1. The quantitative estimate of drug-likeness (QED) is 0.462. The van der Waals surface area contributed by atoms with Crippen LogP contribution in [0, 0.1) is 5.92 Å². The molecule has 0 spiro atoms. The number of hydrogen-bond acceptors (Lipinski definition) is 6. The minimum atomic E-state index is -3.60. The molecule has 1 saturated heterocycles. The number of hydrogen-bond donors (Lipinski definition) is 3. The molecule has 2 aliphatic rings. The van der Waals surface area contributed by atoms with Gasteiger partial charge in [-0.05, 0) is 74.3 Å². The standard InChI is InChI=1S/C25H30N4O5S/c1-17(30)28-19-2-4-21(5-3-19)35(31,32)27-14-18-9-12-29(13-10-18)15-20-16-33-24-7-6-23-22(8-11-26-23)25(24)34-20/h2-8,11,18,20,26-27H,9-10,12-16H2,1H3,(H,28,30). The summed E-state index contributed by atoms with van der Waals surface area (Å²) in [5.74, 6) is 1.66. The van der Waals surface area contributed by atoms with E-state index in [1.165, 1.54) is 19.1 Å². The Morgan fingerprint density at radius 1 is 1.11 bits per heavy atom. The number of ether oxygens (including phenoxy) is 2. The lowest BCUT2D eigenvalue weighted by Crippen LogP contribution is -2.45. The molecular formula is C25H30N4O5S. The van der Waals surface area contributed by atoms with E-state index in [2.05, 4.69) is 19.9 Å². The molecule has 35 heavy (non-hydrogen) atoms. The zero-order valence-corrected chi connectivity index (χ0v) is 20.4. The van der Waals surface area contributed by atoms with Crippen LogP contribution in [0.2, 0.25) is 0 Å². The van der Waals surface area contributed by atoms with Gasteiger partial charge in [0, 0.05) is 42.8 Å². The van der Waals surface area contributed by atoms with Gasteiger partial charge in [0.2, 0.25) is 15.9 Å². The molecule has 2 aromatic carbocycles. The zero-order chi connectivity index (χ0) is 24.4. The fourth-order valence-corrected chi connectivity index (χ4v) is 5.80. The number of nitrogens with zero attached hydrogens (tertiary/aromatic N) is 1. The van der Waals surface area contributed by atoms with Crippen molar-refractivity contribution in [1.82, 2.24) is 14.6 Å². The Labute approximate surface area is 204 Å². The first-order valence-electron chi connectivity index (χ1n) is 11.9. The van der Waals surface area contributed by atoms with E-state index in [1.54, 1.807) is 12.1 Å². The van der Waals surface area contributed by atoms with Crippen LogP contribution < -0.4 is 19.5 Å². The summed E-state index contributed by atoms with van der Waals surface area (Å²) in [6.07, 6.45) is 3.68. The van der Waals surface area contributed by atoms with Crippen LogP contribution in [0.4, 0.5) is 5.69 Å². The summed E-state index contributed by atoms with van der Waals surface area (Å²) < 4.78 is 40.3. The van der Waals surface area contributed by atoms with E-state index in [0.29, 0.717) is 18.8 Å². The average molecular weight is 499 g/mol. The highest BCUT2D eigenvalue weighted by molar-refractivity contribution is 7.89. The number of benzene rings is 2. The second-order valence-electron chi connectivity index (χ2n) is 9.18. The van der Waals surface area contributed by atoms with Crippen molar-refractivity contribution in [2.45, 2.75) is 30.8 Å². The third-order valence-electron chi connectivity index (χ3n) is 6.57. The van der Waals surface area contributed by atoms with Crippen molar-refractivity contribution in [1.29, 1.82) is 0 Å². The Kier molecular flexibility index (Phi) is 6.68. The highest BCUT2D eigenvalue weighted by Crippen LogP contribution is 2.38. The van der Waals surface area contributed by atoms with E-state index < -0.39 is 10.0 Å². The third-order valence-corrected chi connectivity index (χ3v) is 8.01. The van der Waals surface area contributed by atoms with Gasteiger partial charge in [0.1, 0.15) is 12.7 Å². The molecule has 1 aromatic heterocycles. The lowest BCUT2D eigenvalue weighted by molar-refractivity contribution is -0.114. The smallest absolute Gasteiger partial charge is 0.240 e. The molecule has 10 heteroatoms. The predicted molar refractivity (Wildman–Crippen MR) is 133 cm³/mol. The Morgan fingerprint density at radius 3 is 2.63 bits per heavy atom. The SMILES string of the molecule is CC(=O)Nc1ccc(S(=O)(=O)NCC2CCN(CC3COc4ccc5[nH]ccc5c4O3)CC2)cc1. The van der Waals surface area contributed by atoms with Crippen molar-refractivity contribution in [3.8, 4) is 11.5 Å². The average Bonchev–Trinajstić information content (AvgIpc) is 3.33. The number of fused-ring (bicyclic) bond motifs is 3. The molecule has 1 atom stereocenters. The molecule has 3 N–H and O–H groups in total. The van der Waals surface area contributed by atoms with Gasteiger partial charge in [0.05, 0.1) is 4.90 Å². The monoisotopic (exact) mass is 498 g/mol. The molecule has 0 aliphatic carbocycles. The highest BCUT2D eigenvalue weighted by Gasteiger charge is 2.28. The Balaban J connectivity index is 1.09. The molecule has 9 nitrogen and oxygen atoms in total. The van der Waals surface area contributed by atoms with Crippen LogP contribution in [0.15, 0.2) is 53.6 Å². The third kappa shape index (κ3) is 5.44. The fourth-order valence-electron chi connectivity index (χ4n) is 4.69. The maximum Gasteiger partial charge on any atom is 0.240 e. The molecule has 186 valence electrons. The number of carbonyl (C=O) groups is 1. The Morgan fingerprint density at radius 2 is 1.89 bits per heavy atom. The van der Waals surface area contributed by atoms with Crippen LogP contribution in [0.25, 0.3) is 10.9 Å². The van der Waals surface area contributed by atoms with Crippen LogP contribution in [-0.2, 0) is 14.8 Å². The van der Waals surface area contributed by atoms with Crippen molar-refractivity contribution in [3.63, 3.8) is 0 Å². The maximum absolute atomic E-state index is 12.7. The number of amides is 1. The fraction of sp³-hybridized carbons (Fsp3) is 0.400. The van der Waals surface area contributed by atoms with E-state index in [1.807, 2.05) is 24.4 Å². The molecule has 1 fully saturated rings. The summed E-state index contributed by atoms with van der Waals surface area (Å²) in [4.78, 5) is 16.9. The van der Waals surface area contributed by atoms with Gasteiger partial charge >= 0.3 is 0 Å². The minimum Gasteiger partial charge on any atom is -0.486 e. The molecule has 2 aliphatic heterocycles. The number of nitrogens with one attached hydrogen (secondary N) is 3. The molecule has 1 amide bonds. The first-order chi connectivity index (χ1) is 16.9. The van der Waals surface area contributed by atoms with Gasteiger partial charge in [-0.1, -0.05) is 0 Å². The van der Waals surface area contributed by atoms with Crippen molar-refractivity contribution in [3.05, 3.63) is 48.7 Å². The summed E-state index contributed by atoms with van der Waals surface area (Å²) in [5, 5.41) is 3.67. The molecule has 0 bridgehead atoms. The number of piperidine rings is 1. The highest BCUT2D eigenvalue weighted by atomic mass is 32.2. The predicted octanol–water partition coefficient (Wildman–Crippen LogP) is 2.96. The number of sulfonamides is 1. The first-order valence-corrected chi connectivity index (χ1v) is 13.3. The lowest BCUT2D eigenvalue weighted by atomic mass is 9.97. The van der Waals surface area contributed by atoms with Gasteiger partial charge in [0.15, 0.2) is 11.5 Å². The van der Waals surface area contributed by atoms with Crippen molar-refractivity contribution in [2.75, 3.05) is 38.1 Å². The van der Waals surface area contributed by atoms with Crippen LogP contribution in [0.1, 0.15) is 19.8 Å². The summed E-state index contributed by atoms with van der Waals surface area (Å²) in [5.41, 5.74) is 1.59. The number of aromatic amines is 1. The largest absolute Gasteiger partial charge is 0.486 e. The van der Waals surface area contributed by atoms with Crippen LogP contribution in [0.5, 0.6) is 11.5 Å². The van der Waals surface area contributed by atoms with Gasteiger partial charge in [-0.15, -0.1) is 0 Å². The molecule has 1 unspecified atom stereocenters. The van der Waals surface area contributed by atoms with Gasteiger partial charge in [-0.25, -0.2) is 13.1 Å². The van der Waals surface area contributed by atoms with E-state index in [-0.39, 0.29) is 22.8 Å². The van der Waals surface area contributed by atoms with Gasteiger partial charge < -0.3 is 19.8 Å². The molecule has 5 rings (SSSR count). The summed E-state index contributed by atoms with van der Waals surface area (Å²) in [6.45, 7) is 4.89. The second-order valence-corrected chi connectivity index (χ2v) is 11.0. The van der Waals surface area contributed by atoms with Crippen LogP contribution in [-0.4, -0.2) is 63.1 Å². The lowest BCUT2D eigenvalue weighted by Gasteiger charge is -2.35. The van der Waals surface area contributed by atoms with Crippen LogP contribution in [0.3, 0.4) is 0 Å². The molecule has 3 heterocycles. The number of carbonyl (C=O) groups excluding carboxylic acids is 1. The first kappa shape index (κ1) is 23.7. The number of rotatable bonds is 7. The number of anilines is 1. The topological polar surface area (TPSA) is 113 Å². The Bertz CT molecular complexity index is 1300. The molecule has 0 saturated carbocycles. The summed E-state index contributed by atoms with van der Waals surface area (Å²) in [7, 11) is -3.60. The Hall–Kier alpha value is -3.08. The van der Waals surface area contributed by atoms with Gasteiger partial charge in [0.25, 0.3) is 0 Å². The maximum atomic E-state index is 12.7. The molecular weight excluding hydrogens is 468 g/mol. The molecule has 3 aromatic rings. The second kappa shape index (κ2) is 9.88. The van der Waals surface area contributed by atoms with Crippen LogP contribution >= 0.6 is 0 Å². The minimum absolute atomic E-state index is 0.0430. The number of H-pyrrole nitrogens is 1. The van der Waals surface area contributed by atoms with Crippen molar-refractivity contribution in [2.24, 2.45) is 5.92 Å². The van der Waals surface area contributed by atoms with Crippen molar-refractivity contribution >= 4 is 32.5 Å². The van der Waals surface area contributed by atoms with Gasteiger partial charge in [-0.3, -0.25) is 9.69 Å². The van der Waals surface area contributed by atoms with E-state index in [0.717, 1.165) is 54.9 Å². The van der Waals surface area contributed by atoms with E-state index in [9.17, 15) is 13.2 Å². The van der Waals surface area contributed by atoms with Gasteiger partial charge in [-0.2, -0.15) is 0 Å². The summed E-state index contributed by atoms with van der Waals surface area (Å²) in [6, 6.07) is 12.1. The zero-order valence-electron chi connectivity index (χ0n) is 19.6. The summed E-state index contributed by atoms with van der Waals surface area (Å²) >= 11 is 0. The number of aromatic nitrogens is 1. The van der Waals surface area contributed by atoms with E-state index >= 15 is 0 Å². The van der Waals surface area contributed by atoms with Crippen molar-refractivity contribution < 1.29 is 22.7 Å². The molecule has 0 radical (unpaired) electrons.